The van der Waals surface area contributed by atoms with Crippen LogP contribution in [-0.2, 0) is 0 Å². The van der Waals surface area contributed by atoms with E-state index in [1.54, 1.807) is 0 Å². The number of pyridine rings is 1. The van der Waals surface area contributed by atoms with Crippen molar-refractivity contribution in [3.63, 3.8) is 0 Å². The lowest BCUT2D eigenvalue weighted by Crippen LogP contribution is -1.84. The summed E-state index contributed by atoms with van der Waals surface area (Å²) in [7, 11) is 0. The van der Waals surface area contributed by atoms with Crippen LogP contribution in [0.3, 0.4) is 0 Å². The highest BCUT2D eigenvalue weighted by molar-refractivity contribution is 7.25. The molecule has 0 fully saturated rings. The van der Waals surface area contributed by atoms with Gasteiger partial charge >= 0.3 is 0 Å². The Bertz CT molecular complexity index is 1980. The van der Waals surface area contributed by atoms with Gasteiger partial charge in [0.1, 0.15) is 0 Å². The molecule has 8 aromatic rings. The maximum absolute atomic E-state index is 4.56. The third kappa shape index (κ3) is 2.02. The molecule has 0 saturated carbocycles. The van der Waals surface area contributed by atoms with Crippen molar-refractivity contribution >= 4 is 69.6 Å². The van der Waals surface area contributed by atoms with Gasteiger partial charge in [0.05, 0.1) is 22.2 Å². The largest absolute Gasteiger partial charge is 0.308 e. The molecule has 4 aromatic carbocycles. The molecular weight excluding hydrogens is 408 g/mol. The topological polar surface area (TPSA) is 17.3 Å². The van der Waals surface area contributed by atoms with Crippen molar-refractivity contribution < 1.29 is 0 Å². The number of para-hydroxylation sites is 1. The minimum absolute atomic E-state index is 1.01. The number of aromatic nitrogens is 2. The van der Waals surface area contributed by atoms with Gasteiger partial charge in [0.25, 0.3) is 0 Å². The maximum atomic E-state index is 4.56. The van der Waals surface area contributed by atoms with E-state index in [-0.39, 0.29) is 0 Å². The van der Waals surface area contributed by atoms with Gasteiger partial charge in [-0.2, -0.15) is 0 Å². The molecule has 4 heterocycles. The van der Waals surface area contributed by atoms with Gasteiger partial charge in [-0.25, -0.2) is 0 Å². The van der Waals surface area contributed by atoms with E-state index in [4.69, 9.17) is 0 Å². The van der Waals surface area contributed by atoms with Crippen molar-refractivity contribution in [1.29, 1.82) is 0 Å². The molecule has 0 saturated heterocycles. The number of fused-ring (bicyclic) bond motifs is 9. The van der Waals surface area contributed by atoms with Gasteiger partial charge < -0.3 is 4.40 Å². The summed E-state index contributed by atoms with van der Waals surface area (Å²) in [6.07, 6.45) is 1.86. The lowest BCUT2D eigenvalue weighted by atomic mass is 10.0. The van der Waals surface area contributed by atoms with E-state index >= 15 is 0 Å². The number of benzene rings is 4. The summed E-state index contributed by atoms with van der Waals surface area (Å²) in [5.41, 5.74) is 6.02. The molecule has 0 atom stereocenters. The highest BCUT2D eigenvalue weighted by Crippen LogP contribution is 2.43. The Morgan fingerprint density at radius 1 is 0.562 bits per heavy atom. The summed E-state index contributed by atoms with van der Waals surface area (Å²) < 4.78 is 5.17. The van der Waals surface area contributed by atoms with E-state index < -0.39 is 0 Å². The number of hydrogen-bond acceptors (Lipinski definition) is 2. The van der Waals surface area contributed by atoms with Crippen LogP contribution in [0.5, 0.6) is 0 Å². The van der Waals surface area contributed by atoms with Gasteiger partial charge in [-0.05, 0) is 42.5 Å². The summed E-state index contributed by atoms with van der Waals surface area (Å²) in [6, 6.07) is 33.1. The Balaban J connectivity index is 1.56. The van der Waals surface area contributed by atoms with E-state index in [9.17, 15) is 0 Å². The van der Waals surface area contributed by atoms with E-state index in [2.05, 4.69) is 88.2 Å². The molecule has 0 spiro atoms. The second-order valence-corrected chi connectivity index (χ2v) is 9.53. The molecule has 3 heteroatoms. The van der Waals surface area contributed by atoms with Crippen molar-refractivity contribution in [2.24, 2.45) is 0 Å². The summed E-state index contributed by atoms with van der Waals surface area (Å²) in [4.78, 5) is 4.56. The molecule has 0 aliphatic carbocycles. The number of rotatable bonds is 1. The van der Waals surface area contributed by atoms with Gasteiger partial charge in [-0.1, -0.05) is 48.5 Å². The summed E-state index contributed by atoms with van der Waals surface area (Å²) in [5, 5.41) is 7.94. The Morgan fingerprint density at radius 3 is 2.25 bits per heavy atom. The molecule has 0 aliphatic rings. The summed E-state index contributed by atoms with van der Waals surface area (Å²) in [6.45, 7) is 0. The van der Waals surface area contributed by atoms with Gasteiger partial charge in [-0.3, -0.25) is 4.98 Å². The van der Waals surface area contributed by atoms with E-state index in [0.29, 0.717) is 0 Å². The van der Waals surface area contributed by atoms with Crippen LogP contribution in [0, 0.1) is 0 Å². The Labute approximate surface area is 187 Å². The second kappa shape index (κ2) is 5.84. The molecule has 4 aromatic heterocycles. The summed E-state index contributed by atoms with van der Waals surface area (Å²) >= 11 is 1.89. The van der Waals surface area contributed by atoms with Crippen LogP contribution < -0.4 is 0 Å². The minimum Gasteiger partial charge on any atom is -0.308 e. The molecule has 0 amide bonds. The Kier molecular flexibility index (Phi) is 3.05. The van der Waals surface area contributed by atoms with Crippen LogP contribution in [0.1, 0.15) is 0 Å². The maximum Gasteiger partial charge on any atom is 0.0702 e. The smallest absolute Gasteiger partial charge is 0.0702 e. The predicted molar refractivity (Wildman–Crippen MR) is 137 cm³/mol. The number of thiophene rings is 1. The predicted octanol–water partition coefficient (Wildman–Crippen LogP) is 8.27. The third-order valence-corrected chi connectivity index (χ3v) is 7.91. The molecule has 0 N–H and O–H groups in total. The molecular formula is C29H16N2S. The molecule has 2 nitrogen and oxygen atoms in total. The third-order valence-electron chi connectivity index (χ3n) is 6.77. The Morgan fingerprint density at radius 2 is 1.38 bits per heavy atom. The van der Waals surface area contributed by atoms with Gasteiger partial charge in [0.2, 0.25) is 0 Å². The van der Waals surface area contributed by atoms with Crippen LogP contribution in [-0.4, -0.2) is 9.38 Å². The van der Waals surface area contributed by atoms with E-state index in [1.165, 1.54) is 58.3 Å². The first-order valence-electron chi connectivity index (χ1n) is 10.8. The van der Waals surface area contributed by atoms with Crippen LogP contribution in [0.25, 0.3) is 69.5 Å². The SMILES string of the molecule is c1ccc(-c2ccc3c(c2)c2cccc4c5cc6sc7ccccc7c6cc5n3c24)nc1. The van der Waals surface area contributed by atoms with Crippen LogP contribution in [0.4, 0.5) is 0 Å². The molecule has 32 heavy (non-hydrogen) atoms. The molecule has 0 radical (unpaired) electrons. The average molecular weight is 425 g/mol. The average Bonchev–Trinajstić information content (AvgIpc) is 3.49. The standard InChI is InChI=1S/C29H16N2S/c1-2-10-27-18(6-1)23-15-26-22(16-28(23)32-27)20-8-5-7-19-21-14-17(24-9-3-4-13-30-24)11-12-25(21)31(26)29(19)20/h1-16H. The fourth-order valence-electron chi connectivity index (χ4n) is 5.39. The highest BCUT2D eigenvalue weighted by Gasteiger charge is 2.19. The zero-order chi connectivity index (χ0) is 20.8. The Hall–Kier alpha value is -3.95. The molecule has 0 unspecified atom stereocenters. The highest BCUT2D eigenvalue weighted by atomic mass is 32.1. The lowest BCUT2D eigenvalue weighted by Gasteiger charge is -2.03. The monoisotopic (exact) mass is 424 g/mol. The quantitative estimate of drug-likeness (QED) is 0.259. The lowest BCUT2D eigenvalue weighted by molar-refractivity contribution is 1.33. The van der Waals surface area contributed by atoms with Gasteiger partial charge in [-0.15, -0.1) is 11.3 Å². The van der Waals surface area contributed by atoms with Crippen molar-refractivity contribution in [3.8, 4) is 11.3 Å². The van der Waals surface area contributed by atoms with Gasteiger partial charge in [0.15, 0.2) is 0 Å². The first-order chi connectivity index (χ1) is 15.9. The van der Waals surface area contributed by atoms with Gasteiger partial charge in [0, 0.05) is 53.5 Å². The van der Waals surface area contributed by atoms with E-state index in [1.807, 2.05) is 29.7 Å². The molecule has 0 aliphatic heterocycles. The van der Waals surface area contributed by atoms with Crippen LogP contribution >= 0.6 is 11.3 Å². The van der Waals surface area contributed by atoms with Crippen molar-refractivity contribution in [1.82, 2.24) is 9.38 Å². The number of nitrogens with zero attached hydrogens (tertiary/aromatic N) is 2. The van der Waals surface area contributed by atoms with E-state index in [0.717, 1.165) is 11.3 Å². The van der Waals surface area contributed by atoms with Crippen molar-refractivity contribution in [2.75, 3.05) is 0 Å². The summed E-state index contributed by atoms with van der Waals surface area (Å²) in [5.74, 6) is 0. The van der Waals surface area contributed by atoms with Crippen LogP contribution in [0.15, 0.2) is 97.2 Å². The molecule has 8 rings (SSSR count). The van der Waals surface area contributed by atoms with Crippen LogP contribution in [0.2, 0.25) is 0 Å². The second-order valence-electron chi connectivity index (χ2n) is 8.45. The first kappa shape index (κ1) is 16.7. The first-order valence-corrected chi connectivity index (χ1v) is 11.6. The van der Waals surface area contributed by atoms with Crippen molar-refractivity contribution in [3.05, 3.63) is 97.2 Å². The minimum atomic E-state index is 1.01. The molecule has 148 valence electrons. The molecule has 0 bridgehead atoms. The zero-order valence-corrected chi connectivity index (χ0v) is 17.9. The fourth-order valence-corrected chi connectivity index (χ4v) is 6.52. The van der Waals surface area contributed by atoms with Crippen molar-refractivity contribution in [2.45, 2.75) is 0 Å². The number of hydrogen-bond donors (Lipinski definition) is 0. The fraction of sp³-hybridized carbons (Fsp3) is 0. The zero-order valence-electron chi connectivity index (χ0n) is 17.0. The normalized spacial score (nSPS) is 12.4.